The molecule has 0 bridgehead atoms. The third kappa shape index (κ3) is 2.94. The van der Waals surface area contributed by atoms with E-state index in [9.17, 15) is 13.2 Å². The Hall–Kier alpha value is -0.620. The van der Waals surface area contributed by atoms with Crippen molar-refractivity contribution in [2.75, 3.05) is 6.54 Å². The zero-order valence-corrected chi connectivity index (χ0v) is 12.4. The fourth-order valence-corrected chi connectivity index (χ4v) is 4.16. The van der Waals surface area contributed by atoms with Crippen LogP contribution in [-0.2, 0) is 14.8 Å². The Balaban J connectivity index is 2.40. The van der Waals surface area contributed by atoms with E-state index in [1.165, 1.54) is 22.5 Å². The van der Waals surface area contributed by atoms with Crippen LogP contribution in [0.2, 0.25) is 10.0 Å². The van der Waals surface area contributed by atoms with Crippen molar-refractivity contribution < 1.29 is 13.2 Å². The molecular formula is C12H13Cl2NO3S. The Labute approximate surface area is 122 Å². The second-order valence-electron chi connectivity index (χ2n) is 4.39. The number of benzene rings is 1. The topological polar surface area (TPSA) is 54.5 Å². The molecule has 19 heavy (non-hydrogen) atoms. The summed E-state index contributed by atoms with van der Waals surface area (Å²) in [4.78, 5) is 11.1. The van der Waals surface area contributed by atoms with Gasteiger partial charge in [-0.1, -0.05) is 29.6 Å². The summed E-state index contributed by atoms with van der Waals surface area (Å²) < 4.78 is 26.2. The lowest BCUT2D eigenvalue weighted by atomic mass is 10.1. The normalized spacial score (nSPS) is 21.3. The summed E-state index contributed by atoms with van der Waals surface area (Å²) in [7, 11) is -3.70. The van der Waals surface area contributed by atoms with Crippen molar-refractivity contribution in [2.24, 2.45) is 0 Å². The average Bonchev–Trinajstić information content (AvgIpc) is 2.41. The van der Waals surface area contributed by atoms with Crippen molar-refractivity contribution in [3.8, 4) is 0 Å². The van der Waals surface area contributed by atoms with Gasteiger partial charge in [0.05, 0.1) is 21.0 Å². The van der Waals surface area contributed by atoms with E-state index in [4.69, 9.17) is 23.2 Å². The molecule has 4 nitrogen and oxygen atoms in total. The minimum absolute atomic E-state index is 0.0654. The van der Waals surface area contributed by atoms with Crippen molar-refractivity contribution in [3.63, 3.8) is 0 Å². The van der Waals surface area contributed by atoms with Crippen LogP contribution in [0.1, 0.15) is 19.3 Å². The molecule has 2 rings (SSSR count). The fourth-order valence-electron chi connectivity index (χ4n) is 2.14. The van der Waals surface area contributed by atoms with Crippen molar-refractivity contribution in [2.45, 2.75) is 30.2 Å². The first-order valence-corrected chi connectivity index (χ1v) is 8.08. The predicted octanol–water partition coefficient (Wildman–Crippen LogP) is 2.74. The zero-order valence-electron chi connectivity index (χ0n) is 10.1. The molecule has 1 unspecified atom stereocenters. The minimum atomic E-state index is -3.70. The van der Waals surface area contributed by atoms with Gasteiger partial charge in [-0.15, -0.1) is 0 Å². The van der Waals surface area contributed by atoms with Gasteiger partial charge in [-0.3, -0.25) is 0 Å². The molecule has 1 saturated heterocycles. The van der Waals surface area contributed by atoms with E-state index in [1.807, 2.05) is 0 Å². The summed E-state index contributed by atoms with van der Waals surface area (Å²) in [6, 6.07) is 3.57. The zero-order chi connectivity index (χ0) is 14.0. The number of rotatable bonds is 3. The van der Waals surface area contributed by atoms with Gasteiger partial charge in [-0.25, -0.2) is 8.42 Å². The number of carbonyl (C=O) groups excluding carboxylic acids is 1. The monoisotopic (exact) mass is 321 g/mol. The number of aldehydes is 1. The Morgan fingerprint density at radius 2 is 1.95 bits per heavy atom. The number of nitrogens with zero attached hydrogens (tertiary/aromatic N) is 1. The molecule has 1 aliphatic heterocycles. The van der Waals surface area contributed by atoms with E-state index in [0.29, 0.717) is 24.3 Å². The van der Waals surface area contributed by atoms with E-state index in [0.717, 1.165) is 12.8 Å². The summed E-state index contributed by atoms with van der Waals surface area (Å²) in [5.41, 5.74) is 0. The van der Waals surface area contributed by atoms with Gasteiger partial charge in [0.1, 0.15) is 6.29 Å². The molecule has 0 N–H and O–H groups in total. The molecule has 1 aliphatic rings. The SMILES string of the molecule is O=CC1CCCCN1S(=O)(=O)c1ccc(Cl)c(Cl)c1. The quantitative estimate of drug-likeness (QED) is 0.804. The van der Waals surface area contributed by atoms with Crippen LogP contribution in [0.15, 0.2) is 23.1 Å². The molecule has 0 saturated carbocycles. The predicted molar refractivity (Wildman–Crippen MR) is 74.1 cm³/mol. The Morgan fingerprint density at radius 1 is 1.21 bits per heavy atom. The van der Waals surface area contributed by atoms with Gasteiger partial charge >= 0.3 is 0 Å². The van der Waals surface area contributed by atoms with Gasteiger partial charge in [-0.2, -0.15) is 4.31 Å². The van der Waals surface area contributed by atoms with Crippen LogP contribution in [0.25, 0.3) is 0 Å². The average molecular weight is 322 g/mol. The Bertz CT molecular complexity index is 589. The van der Waals surface area contributed by atoms with Crippen LogP contribution in [0.5, 0.6) is 0 Å². The summed E-state index contributed by atoms with van der Waals surface area (Å²) >= 11 is 11.6. The van der Waals surface area contributed by atoms with Gasteiger partial charge in [0.15, 0.2) is 0 Å². The van der Waals surface area contributed by atoms with E-state index in [1.54, 1.807) is 0 Å². The highest BCUT2D eigenvalue weighted by molar-refractivity contribution is 7.89. The van der Waals surface area contributed by atoms with Crippen LogP contribution in [0, 0.1) is 0 Å². The van der Waals surface area contributed by atoms with Gasteiger partial charge in [0, 0.05) is 6.54 Å². The maximum Gasteiger partial charge on any atom is 0.243 e. The molecule has 1 atom stereocenters. The number of piperidine rings is 1. The molecule has 0 spiro atoms. The highest BCUT2D eigenvalue weighted by Gasteiger charge is 2.33. The summed E-state index contributed by atoms with van der Waals surface area (Å²) in [6.07, 6.45) is 2.86. The van der Waals surface area contributed by atoms with Crippen LogP contribution in [0.3, 0.4) is 0 Å². The standard InChI is InChI=1S/C12H13Cl2NO3S/c13-11-5-4-10(7-12(11)14)19(17,18)15-6-2-1-3-9(15)8-16/h4-5,7-9H,1-3,6H2. The van der Waals surface area contributed by atoms with Gasteiger partial charge in [0.2, 0.25) is 10.0 Å². The largest absolute Gasteiger partial charge is 0.302 e. The fraction of sp³-hybridized carbons (Fsp3) is 0.417. The van der Waals surface area contributed by atoms with Crippen LogP contribution >= 0.6 is 23.2 Å². The van der Waals surface area contributed by atoms with Gasteiger partial charge < -0.3 is 4.79 Å². The Morgan fingerprint density at radius 3 is 2.58 bits per heavy atom. The molecule has 104 valence electrons. The third-order valence-electron chi connectivity index (χ3n) is 3.15. The van der Waals surface area contributed by atoms with Crippen molar-refractivity contribution in [1.29, 1.82) is 0 Å². The molecule has 7 heteroatoms. The molecule has 1 fully saturated rings. The molecule has 0 amide bonds. The molecule has 1 heterocycles. The molecule has 0 aromatic heterocycles. The van der Waals surface area contributed by atoms with Crippen LogP contribution < -0.4 is 0 Å². The number of carbonyl (C=O) groups is 1. The van der Waals surface area contributed by atoms with Crippen LogP contribution in [-0.4, -0.2) is 31.6 Å². The van der Waals surface area contributed by atoms with E-state index in [-0.39, 0.29) is 9.92 Å². The first kappa shape index (κ1) is 14.8. The van der Waals surface area contributed by atoms with E-state index >= 15 is 0 Å². The third-order valence-corrected chi connectivity index (χ3v) is 5.81. The van der Waals surface area contributed by atoms with Gasteiger partial charge in [-0.05, 0) is 31.0 Å². The summed E-state index contributed by atoms with van der Waals surface area (Å²) in [6.45, 7) is 0.353. The lowest BCUT2D eigenvalue weighted by Gasteiger charge is -2.31. The van der Waals surface area contributed by atoms with Crippen molar-refractivity contribution in [3.05, 3.63) is 28.2 Å². The maximum atomic E-state index is 12.5. The Kier molecular flexibility index (Phi) is 4.50. The number of halogens is 2. The molecule has 1 aromatic carbocycles. The number of sulfonamides is 1. The highest BCUT2D eigenvalue weighted by Crippen LogP contribution is 2.29. The van der Waals surface area contributed by atoms with Gasteiger partial charge in [0.25, 0.3) is 0 Å². The van der Waals surface area contributed by atoms with Crippen molar-refractivity contribution >= 4 is 39.5 Å². The molecule has 0 aliphatic carbocycles. The molecule has 1 aromatic rings. The van der Waals surface area contributed by atoms with Crippen molar-refractivity contribution in [1.82, 2.24) is 4.31 Å². The van der Waals surface area contributed by atoms with E-state index in [2.05, 4.69) is 0 Å². The number of hydrogen-bond acceptors (Lipinski definition) is 3. The lowest BCUT2D eigenvalue weighted by Crippen LogP contribution is -2.44. The summed E-state index contributed by atoms with van der Waals surface area (Å²) in [5, 5.41) is 0.480. The first-order chi connectivity index (χ1) is 8.96. The maximum absolute atomic E-state index is 12.5. The molecule has 0 radical (unpaired) electrons. The second-order valence-corrected chi connectivity index (χ2v) is 7.10. The lowest BCUT2D eigenvalue weighted by molar-refractivity contribution is -0.111. The first-order valence-electron chi connectivity index (χ1n) is 5.89. The number of hydrogen-bond donors (Lipinski definition) is 0. The summed E-state index contributed by atoms with van der Waals surface area (Å²) in [5.74, 6) is 0. The smallest absolute Gasteiger partial charge is 0.243 e. The second kappa shape index (κ2) is 5.79. The minimum Gasteiger partial charge on any atom is -0.302 e. The molecular weight excluding hydrogens is 309 g/mol. The van der Waals surface area contributed by atoms with Crippen LogP contribution in [0.4, 0.5) is 0 Å². The van der Waals surface area contributed by atoms with E-state index < -0.39 is 16.1 Å². The highest BCUT2D eigenvalue weighted by atomic mass is 35.5.